The molecule has 40 heavy (non-hydrogen) atoms. The van der Waals surface area contributed by atoms with E-state index >= 15 is 0 Å². The number of nitrogens with one attached hydrogen (secondary N) is 1. The third-order valence-electron chi connectivity index (χ3n) is 5.88. The Kier molecular flexibility index (Phi) is 11.0. The van der Waals surface area contributed by atoms with Crippen molar-refractivity contribution in [3.63, 3.8) is 0 Å². The number of alkyl carbamates (subject to hydrolysis) is 1. The highest BCUT2D eigenvalue weighted by Crippen LogP contribution is 2.31. The largest absolute Gasteiger partial charge is 0.485 e. The molecule has 0 aliphatic carbocycles. The molecule has 0 heterocycles. The lowest BCUT2D eigenvalue weighted by atomic mass is 10.0. The molecule has 0 aliphatic heterocycles. The van der Waals surface area contributed by atoms with E-state index in [1.165, 1.54) is 6.92 Å². The van der Waals surface area contributed by atoms with Gasteiger partial charge in [0.25, 0.3) is 0 Å². The normalized spacial score (nSPS) is 13.4. The number of rotatable bonds is 12. The quantitative estimate of drug-likeness (QED) is 0.284. The highest BCUT2D eigenvalue weighted by atomic mass is 16.6. The first kappa shape index (κ1) is 30.5. The molecule has 8 heteroatoms. The fraction of sp³-hybridized carbons (Fsp3) is 0.375. The van der Waals surface area contributed by atoms with Gasteiger partial charge in [-0.15, -0.1) is 0 Å². The van der Waals surface area contributed by atoms with Crippen molar-refractivity contribution in [1.29, 1.82) is 0 Å². The van der Waals surface area contributed by atoms with Gasteiger partial charge >= 0.3 is 12.1 Å². The number of aliphatic hydroxyl groups is 1. The Morgan fingerprint density at radius 2 is 1.35 bits per heavy atom. The van der Waals surface area contributed by atoms with E-state index in [4.69, 9.17) is 18.9 Å². The molecular weight excluding hydrogens is 510 g/mol. The molecule has 0 radical (unpaired) electrons. The Labute approximate surface area is 236 Å². The van der Waals surface area contributed by atoms with Gasteiger partial charge in [0.05, 0.1) is 6.10 Å². The van der Waals surface area contributed by atoms with Crippen molar-refractivity contribution in [3.05, 3.63) is 95.6 Å². The number of benzene rings is 3. The van der Waals surface area contributed by atoms with Gasteiger partial charge in [0, 0.05) is 6.42 Å². The Bertz CT molecular complexity index is 1220. The zero-order chi connectivity index (χ0) is 29.1. The van der Waals surface area contributed by atoms with Crippen LogP contribution in [0.3, 0.4) is 0 Å². The summed E-state index contributed by atoms with van der Waals surface area (Å²) in [5.74, 6) is 0.361. The van der Waals surface area contributed by atoms with Gasteiger partial charge in [0.1, 0.15) is 31.0 Å². The van der Waals surface area contributed by atoms with Gasteiger partial charge in [-0.05, 0) is 63.4 Å². The van der Waals surface area contributed by atoms with E-state index in [9.17, 15) is 14.7 Å². The number of esters is 1. The summed E-state index contributed by atoms with van der Waals surface area (Å²) in [7, 11) is 0. The van der Waals surface area contributed by atoms with Gasteiger partial charge in [-0.25, -0.2) is 9.59 Å². The Hall–Kier alpha value is -4.04. The van der Waals surface area contributed by atoms with Crippen LogP contribution < -0.4 is 14.8 Å². The maximum absolute atomic E-state index is 13.0. The molecule has 214 valence electrons. The lowest BCUT2D eigenvalue weighted by molar-refractivity contribution is -0.155. The molecule has 0 fully saturated rings. The number of carbonyl (C=O) groups excluding carboxylic acids is 2. The van der Waals surface area contributed by atoms with E-state index in [0.29, 0.717) is 30.3 Å². The van der Waals surface area contributed by atoms with Crippen molar-refractivity contribution >= 4 is 12.1 Å². The molecular formula is C32H39NO7. The lowest BCUT2D eigenvalue weighted by Crippen LogP contribution is -2.46. The molecule has 3 aromatic rings. The molecule has 0 saturated heterocycles. The number of amides is 1. The maximum Gasteiger partial charge on any atom is 0.408 e. The van der Waals surface area contributed by atoms with Crippen molar-refractivity contribution in [2.24, 2.45) is 0 Å². The molecule has 1 amide bonds. The minimum atomic E-state index is -1.06. The van der Waals surface area contributed by atoms with Crippen LogP contribution in [0.1, 0.15) is 51.3 Å². The predicted octanol–water partition coefficient (Wildman–Crippen LogP) is 5.59. The van der Waals surface area contributed by atoms with Gasteiger partial charge in [0.2, 0.25) is 0 Å². The minimum absolute atomic E-state index is 0.102. The summed E-state index contributed by atoms with van der Waals surface area (Å²) in [4.78, 5) is 25.6. The van der Waals surface area contributed by atoms with Crippen LogP contribution in [-0.2, 0) is 33.9 Å². The van der Waals surface area contributed by atoms with Crippen molar-refractivity contribution in [2.45, 2.75) is 78.1 Å². The van der Waals surface area contributed by atoms with Gasteiger partial charge in [0.15, 0.2) is 11.5 Å². The molecule has 0 bridgehead atoms. The van der Waals surface area contributed by atoms with Gasteiger partial charge in [-0.2, -0.15) is 0 Å². The molecule has 0 saturated carbocycles. The van der Waals surface area contributed by atoms with E-state index in [2.05, 4.69) is 5.32 Å². The van der Waals surface area contributed by atoms with Crippen LogP contribution in [-0.4, -0.2) is 41.0 Å². The van der Waals surface area contributed by atoms with E-state index in [1.807, 2.05) is 66.7 Å². The molecule has 3 rings (SSSR count). The molecule has 2 unspecified atom stereocenters. The second-order valence-corrected chi connectivity index (χ2v) is 10.6. The SMILES string of the molecule is CC(O)C(C)OC(=O)[C@@H](Cc1ccc(OCc2ccccc2)c(OCc2ccccc2)c1)NC(=O)OC(C)(C)C. The number of aliphatic hydroxyl groups excluding tert-OH is 1. The summed E-state index contributed by atoms with van der Waals surface area (Å²) >= 11 is 0. The van der Waals surface area contributed by atoms with E-state index in [-0.39, 0.29) is 6.42 Å². The standard InChI is InChI=1S/C32H39NO7/c1-22(34)23(2)39-30(35)27(33-31(36)40-32(3,4)5)18-26-16-17-28(37-20-24-12-8-6-9-13-24)29(19-26)38-21-25-14-10-7-11-15-25/h6-17,19,22-23,27,34H,18,20-21H2,1-5H3,(H,33,36)/t22?,23?,27-/m1/s1. The van der Waals surface area contributed by atoms with Crippen LogP contribution >= 0.6 is 0 Å². The second-order valence-electron chi connectivity index (χ2n) is 10.6. The fourth-order valence-electron chi connectivity index (χ4n) is 3.62. The maximum atomic E-state index is 13.0. The third-order valence-corrected chi connectivity index (χ3v) is 5.88. The third kappa shape index (κ3) is 10.3. The average molecular weight is 550 g/mol. The first-order valence-electron chi connectivity index (χ1n) is 13.3. The first-order chi connectivity index (χ1) is 19.0. The number of carbonyl (C=O) groups is 2. The minimum Gasteiger partial charge on any atom is -0.485 e. The Morgan fingerprint density at radius 1 is 0.800 bits per heavy atom. The van der Waals surface area contributed by atoms with Crippen molar-refractivity contribution < 1.29 is 33.6 Å². The van der Waals surface area contributed by atoms with Crippen LogP contribution in [0.5, 0.6) is 11.5 Å². The summed E-state index contributed by atoms with van der Waals surface area (Å²) in [6.07, 6.45) is -2.27. The molecule has 0 aliphatic rings. The fourth-order valence-corrected chi connectivity index (χ4v) is 3.62. The zero-order valence-electron chi connectivity index (χ0n) is 23.8. The first-order valence-corrected chi connectivity index (χ1v) is 13.3. The number of hydrogen-bond acceptors (Lipinski definition) is 7. The van der Waals surface area contributed by atoms with Crippen LogP contribution in [0, 0.1) is 0 Å². The molecule has 0 aromatic heterocycles. The number of ether oxygens (including phenoxy) is 4. The summed E-state index contributed by atoms with van der Waals surface area (Å²) in [5.41, 5.74) is 1.96. The topological polar surface area (TPSA) is 103 Å². The van der Waals surface area contributed by atoms with Crippen molar-refractivity contribution in [3.8, 4) is 11.5 Å². The molecule has 3 aromatic carbocycles. The van der Waals surface area contributed by atoms with E-state index in [1.54, 1.807) is 39.8 Å². The van der Waals surface area contributed by atoms with E-state index < -0.39 is 35.9 Å². The highest BCUT2D eigenvalue weighted by Gasteiger charge is 2.28. The summed E-state index contributed by atoms with van der Waals surface area (Å²) in [6, 6.07) is 23.9. The highest BCUT2D eigenvalue weighted by molar-refractivity contribution is 5.82. The van der Waals surface area contributed by atoms with E-state index in [0.717, 1.165) is 11.1 Å². The number of hydrogen-bond donors (Lipinski definition) is 2. The Morgan fingerprint density at radius 3 is 1.88 bits per heavy atom. The molecule has 2 N–H and O–H groups in total. The van der Waals surface area contributed by atoms with Crippen LogP contribution in [0.4, 0.5) is 4.79 Å². The van der Waals surface area contributed by atoms with Crippen molar-refractivity contribution in [1.82, 2.24) is 5.32 Å². The summed E-state index contributed by atoms with van der Waals surface area (Å²) < 4.78 is 23.0. The predicted molar refractivity (Wildman–Crippen MR) is 152 cm³/mol. The Balaban J connectivity index is 1.83. The van der Waals surface area contributed by atoms with Gasteiger partial charge in [-0.3, -0.25) is 0 Å². The van der Waals surface area contributed by atoms with Gasteiger partial charge < -0.3 is 29.4 Å². The molecule has 3 atom stereocenters. The smallest absolute Gasteiger partial charge is 0.408 e. The monoisotopic (exact) mass is 549 g/mol. The van der Waals surface area contributed by atoms with Gasteiger partial charge in [-0.1, -0.05) is 66.7 Å². The molecule has 8 nitrogen and oxygen atoms in total. The average Bonchev–Trinajstić information content (AvgIpc) is 2.91. The second kappa shape index (κ2) is 14.4. The van der Waals surface area contributed by atoms with Crippen LogP contribution in [0.2, 0.25) is 0 Å². The lowest BCUT2D eigenvalue weighted by Gasteiger charge is -2.25. The summed E-state index contributed by atoms with van der Waals surface area (Å²) in [6.45, 7) is 8.99. The summed E-state index contributed by atoms with van der Waals surface area (Å²) in [5, 5.41) is 12.4. The van der Waals surface area contributed by atoms with Crippen molar-refractivity contribution in [2.75, 3.05) is 0 Å². The van der Waals surface area contributed by atoms with Crippen LogP contribution in [0.25, 0.3) is 0 Å². The zero-order valence-corrected chi connectivity index (χ0v) is 23.8. The van der Waals surface area contributed by atoms with Crippen LogP contribution in [0.15, 0.2) is 78.9 Å². The molecule has 0 spiro atoms.